The molecule has 3 N–H and O–H groups in total. The number of pyridine rings is 1. The Balaban J connectivity index is 1.85. The third-order valence-corrected chi connectivity index (χ3v) is 4.70. The molecule has 0 bridgehead atoms. The van der Waals surface area contributed by atoms with E-state index in [-0.39, 0.29) is 11.2 Å². The maximum atomic E-state index is 6.17. The number of nitrogen functional groups attached to an aromatic ring is 1. The smallest absolute Gasteiger partial charge is 0.399 e. The van der Waals surface area contributed by atoms with Crippen molar-refractivity contribution < 1.29 is 9.31 Å². The topological polar surface area (TPSA) is 69.4 Å². The van der Waals surface area contributed by atoms with Crippen LogP contribution in [0.25, 0.3) is 0 Å². The number of nitrogens with two attached hydrogens (primary N) is 1. The van der Waals surface area contributed by atoms with Crippen molar-refractivity contribution in [1.29, 1.82) is 0 Å². The van der Waals surface area contributed by atoms with E-state index in [0.29, 0.717) is 11.6 Å². The number of hydrogen-bond acceptors (Lipinski definition) is 5. The molecule has 3 heterocycles. The average Bonchev–Trinajstić information content (AvgIpc) is 2.45. The molecule has 108 valence electrons. The van der Waals surface area contributed by atoms with Crippen LogP contribution in [0, 0.1) is 0 Å². The summed E-state index contributed by atoms with van der Waals surface area (Å²) in [4.78, 5) is 4.52. The maximum absolute atomic E-state index is 6.17. The average molecular weight is 275 g/mol. The highest BCUT2D eigenvalue weighted by Gasteiger charge is 2.52. The fraction of sp³-hybridized carbons (Fsp3) is 0.643. The lowest BCUT2D eigenvalue weighted by atomic mass is 9.78. The van der Waals surface area contributed by atoms with E-state index < -0.39 is 7.12 Å². The predicted molar refractivity (Wildman–Crippen MR) is 80.0 cm³/mol. The lowest BCUT2D eigenvalue weighted by molar-refractivity contribution is 0.00578. The molecule has 0 aliphatic carbocycles. The molecule has 0 spiro atoms. The fourth-order valence-corrected chi connectivity index (χ4v) is 2.39. The van der Waals surface area contributed by atoms with Crippen LogP contribution in [0.15, 0.2) is 12.3 Å². The summed E-state index contributed by atoms with van der Waals surface area (Å²) < 4.78 is 12.0. The van der Waals surface area contributed by atoms with Crippen LogP contribution in [0.2, 0.25) is 0 Å². The zero-order valence-electron chi connectivity index (χ0n) is 12.6. The van der Waals surface area contributed by atoms with Gasteiger partial charge < -0.3 is 20.4 Å². The van der Waals surface area contributed by atoms with Crippen molar-refractivity contribution >= 4 is 18.3 Å². The summed E-state index contributed by atoms with van der Waals surface area (Å²) in [7, 11) is -0.443. The zero-order valence-corrected chi connectivity index (χ0v) is 12.6. The molecule has 0 saturated carbocycles. The molecule has 3 rings (SSSR count). The third-order valence-electron chi connectivity index (χ3n) is 4.70. The Morgan fingerprint density at radius 2 is 1.85 bits per heavy atom. The van der Waals surface area contributed by atoms with Crippen LogP contribution >= 0.6 is 0 Å². The van der Waals surface area contributed by atoms with Crippen LogP contribution in [0.1, 0.15) is 39.3 Å². The summed E-state index contributed by atoms with van der Waals surface area (Å²) in [6.07, 6.45) is 1.80. The predicted octanol–water partition coefficient (Wildman–Crippen LogP) is 0.650. The first-order chi connectivity index (χ1) is 9.30. The fourth-order valence-electron chi connectivity index (χ4n) is 2.39. The van der Waals surface area contributed by atoms with E-state index in [2.05, 4.69) is 10.3 Å². The van der Waals surface area contributed by atoms with Crippen molar-refractivity contribution in [3.63, 3.8) is 0 Å². The Hall–Kier alpha value is -1.11. The van der Waals surface area contributed by atoms with Crippen LogP contribution in [0.3, 0.4) is 0 Å². The minimum atomic E-state index is -0.443. The SMILES string of the molecule is CC1(C)OB(c2cnc(C3CNC3)cc2N)OC1(C)C. The molecule has 2 aliphatic heterocycles. The number of nitrogens with one attached hydrogen (secondary N) is 1. The Morgan fingerprint density at radius 3 is 2.30 bits per heavy atom. The van der Waals surface area contributed by atoms with Gasteiger partial charge in [-0.2, -0.15) is 0 Å². The van der Waals surface area contributed by atoms with Gasteiger partial charge in [0.05, 0.1) is 11.2 Å². The molecule has 2 saturated heterocycles. The van der Waals surface area contributed by atoms with Gasteiger partial charge in [0.15, 0.2) is 0 Å². The molecule has 0 aromatic carbocycles. The van der Waals surface area contributed by atoms with Crippen LogP contribution in [-0.4, -0.2) is 36.4 Å². The molecular weight excluding hydrogens is 253 g/mol. The van der Waals surface area contributed by atoms with Gasteiger partial charge >= 0.3 is 7.12 Å². The number of anilines is 1. The van der Waals surface area contributed by atoms with Crippen LogP contribution < -0.4 is 16.5 Å². The normalized spacial score (nSPS) is 24.7. The maximum Gasteiger partial charge on any atom is 0.498 e. The van der Waals surface area contributed by atoms with Gasteiger partial charge in [0.25, 0.3) is 0 Å². The zero-order chi connectivity index (χ0) is 14.5. The molecule has 0 atom stereocenters. The standard InChI is InChI=1S/C14H22BN3O2/c1-13(2)14(3,4)20-15(19-13)10-8-18-12(5-11(10)16)9-6-17-7-9/h5,8-9,17H,6-7H2,1-4H3,(H2,16,18). The largest absolute Gasteiger partial charge is 0.498 e. The highest BCUT2D eigenvalue weighted by molar-refractivity contribution is 6.63. The molecule has 2 aliphatic rings. The second-order valence-corrected chi connectivity index (χ2v) is 6.68. The van der Waals surface area contributed by atoms with E-state index in [1.807, 2.05) is 33.8 Å². The van der Waals surface area contributed by atoms with E-state index in [9.17, 15) is 0 Å². The lowest BCUT2D eigenvalue weighted by Gasteiger charge is -2.32. The highest BCUT2D eigenvalue weighted by atomic mass is 16.7. The van der Waals surface area contributed by atoms with E-state index in [1.165, 1.54) is 0 Å². The highest BCUT2D eigenvalue weighted by Crippen LogP contribution is 2.36. The van der Waals surface area contributed by atoms with Crippen LogP contribution in [-0.2, 0) is 9.31 Å². The van der Waals surface area contributed by atoms with Crippen molar-refractivity contribution in [2.75, 3.05) is 18.8 Å². The first-order valence-electron chi connectivity index (χ1n) is 7.12. The van der Waals surface area contributed by atoms with E-state index in [0.717, 1.165) is 24.2 Å². The summed E-state index contributed by atoms with van der Waals surface area (Å²) in [6.45, 7) is 10.1. The number of nitrogens with zero attached hydrogens (tertiary/aromatic N) is 1. The Labute approximate surface area is 120 Å². The molecule has 0 radical (unpaired) electrons. The number of aromatic nitrogens is 1. The Kier molecular flexibility index (Phi) is 3.08. The van der Waals surface area contributed by atoms with Crippen molar-refractivity contribution in [3.05, 3.63) is 18.0 Å². The van der Waals surface area contributed by atoms with E-state index >= 15 is 0 Å². The van der Waals surface area contributed by atoms with Crippen LogP contribution in [0.5, 0.6) is 0 Å². The summed E-state index contributed by atoms with van der Waals surface area (Å²) >= 11 is 0. The minimum absolute atomic E-state index is 0.360. The second-order valence-electron chi connectivity index (χ2n) is 6.68. The monoisotopic (exact) mass is 275 g/mol. The van der Waals surface area contributed by atoms with Gasteiger partial charge in [-0.1, -0.05) is 0 Å². The second kappa shape index (κ2) is 4.45. The Bertz CT molecular complexity index is 513. The molecule has 1 aromatic rings. The van der Waals surface area contributed by atoms with Crippen molar-refractivity contribution in [3.8, 4) is 0 Å². The summed E-state index contributed by atoms with van der Waals surface area (Å²) in [5, 5.41) is 3.24. The molecule has 0 amide bonds. The van der Waals surface area contributed by atoms with Gasteiger partial charge in [-0.05, 0) is 33.8 Å². The molecule has 20 heavy (non-hydrogen) atoms. The minimum Gasteiger partial charge on any atom is -0.399 e. The molecule has 0 unspecified atom stereocenters. The molecule has 6 heteroatoms. The van der Waals surface area contributed by atoms with Crippen molar-refractivity contribution in [2.24, 2.45) is 0 Å². The molecule has 1 aromatic heterocycles. The number of hydrogen-bond donors (Lipinski definition) is 2. The third kappa shape index (κ3) is 2.12. The van der Waals surface area contributed by atoms with Gasteiger partial charge in [-0.15, -0.1) is 0 Å². The van der Waals surface area contributed by atoms with Gasteiger partial charge in [0.2, 0.25) is 0 Å². The summed E-state index contributed by atoms with van der Waals surface area (Å²) in [6, 6.07) is 1.95. The van der Waals surface area contributed by atoms with E-state index in [4.69, 9.17) is 15.0 Å². The lowest BCUT2D eigenvalue weighted by Crippen LogP contribution is -2.41. The Morgan fingerprint density at radius 1 is 1.25 bits per heavy atom. The summed E-state index contributed by atoms with van der Waals surface area (Å²) in [5.41, 5.74) is 8.01. The van der Waals surface area contributed by atoms with Gasteiger partial charge in [0.1, 0.15) is 0 Å². The number of rotatable bonds is 2. The van der Waals surface area contributed by atoms with Crippen molar-refractivity contribution in [2.45, 2.75) is 44.8 Å². The van der Waals surface area contributed by atoms with Gasteiger partial charge in [-0.25, -0.2) is 0 Å². The first kappa shape index (κ1) is 13.9. The van der Waals surface area contributed by atoms with Crippen molar-refractivity contribution in [1.82, 2.24) is 10.3 Å². The molecule has 2 fully saturated rings. The van der Waals surface area contributed by atoms with Crippen LogP contribution in [0.4, 0.5) is 5.69 Å². The first-order valence-corrected chi connectivity index (χ1v) is 7.12. The molecular formula is C14H22BN3O2. The summed E-state index contributed by atoms with van der Waals surface area (Å²) in [5.74, 6) is 0.477. The quantitative estimate of drug-likeness (QED) is 0.776. The van der Waals surface area contributed by atoms with Gasteiger partial charge in [-0.3, -0.25) is 4.98 Å². The van der Waals surface area contributed by atoms with Gasteiger partial charge in [0, 0.05) is 42.0 Å². The van der Waals surface area contributed by atoms with E-state index in [1.54, 1.807) is 6.20 Å². The molecule has 5 nitrogen and oxygen atoms in total.